The molecule has 0 aliphatic heterocycles. The lowest BCUT2D eigenvalue weighted by Gasteiger charge is -2.07. The van der Waals surface area contributed by atoms with Crippen LogP contribution in [0.4, 0.5) is 5.69 Å². The number of fused-ring (bicyclic) bond motifs is 1. The SMILES string of the molecule is C=Cc1sc2ccc(NC(/C=C\C)=C/C)cc2c1C=C. The molecule has 0 unspecified atom stereocenters. The quantitative estimate of drug-likeness (QED) is 0.655. The largest absolute Gasteiger partial charge is 0.356 e. The molecule has 0 fully saturated rings. The Balaban J connectivity index is 2.47. The molecule has 102 valence electrons. The van der Waals surface area contributed by atoms with E-state index >= 15 is 0 Å². The summed E-state index contributed by atoms with van der Waals surface area (Å²) >= 11 is 1.75. The second-order valence-corrected chi connectivity index (χ2v) is 5.45. The summed E-state index contributed by atoms with van der Waals surface area (Å²) in [6, 6.07) is 6.42. The van der Waals surface area contributed by atoms with E-state index in [1.54, 1.807) is 11.3 Å². The zero-order valence-corrected chi connectivity index (χ0v) is 12.8. The average molecular weight is 281 g/mol. The Bertz CT molecular complexity index is 702. The highest BCUT2D eigenvalue weighted by molar-refractivity contribution is 7.20. The fourth-order valence-corrected chi connectivity index (χ4v) is 3.17. The van der Waals surface area contributed by atoms with E-state index in [1.807, 2.05) is 32.1 Å². The van der Waals surface area contributed by atoms with Crippen LogP contribution in [0.2, 0.25) is 0 Å². The molecule has 0 saturated carbocycles. The number of nitrogens with one attached hydrogen (secondary N) is 1. The molecule has 1 nitrogen and oxygen atoms in total. The van der Waals surface area contributed by atoms with Gasteiger partial charge in [-0.1, -0.05) is 37.5 Å². The van der Waals surface area contributed by atoms with Gasteiger partial charge in [0.1, 0.15) is 0 Å². The summed E-state index contributed by atoms with van der Waals surface area (Å²) in [5.74, 6) is 0. The summed E-state index contributed by atoms with van der Waals surface area (Å²) in [4.78, 5) is 1.17. The van der Waals surface area contributed by atoms with Crippen LogP contribution in [-0.2, 0) is 0 Å². The van der Waals surface area contributed by atoms with Gasteiger partial charge in [0.15, 0.2) is 0 Å². The van der Waals surface area contributed by atoms with Gasteiger partial charge in [-0.15, -0.1) is 11.3 Å². The fraction of sp³-hybridized carbons (Fsp3) is 0.111. The van der Waals surface area contributed by atoms with Crippen LogP contribution in [0.25, 0.3) is 22.2 Å². The Kier molecular flexibility index (Phi) is 4.59. The summed E-state index contributed by atoms with van der Waals surface area (Å²) in [5, 5.41) is 4.64. The minimum Gasteiger partial charge on any atom is -0.356 e. The number of hydrogen-bond donors (Lipinski definition) is 1. The molecule has 0 spiro atoms. The predicted molar refractivity (Wildman–Crippen MR) is 94.2 cm³/mol. The highest BCUT2D eigenvalue weighted by Crippen LogP contribution is 2.34. The maximum atomic E-state index is 3.91. The summed E-state index contributed by atoms with van der Waals surface area (Å²) in [6.07, 6.45) is 9.94. The van der Waals surface area contributed by atoms with Gasteiger partial charge >= 0.3 is 0 Å². The third-order valence-corrected chi connectivity index (χ3v) is 4.27. The van der Waals surface area contributed by atoms with Crippen molar-refractivity contribution in [3.05, 3.63) is 65.7 Å². The zero-order chi connectivity index (χ0) is 14.5. The van der Waals surface area contributed by atoms with Crippen molar-refractivity contribution in [3.8, 4) is 0 Å². The first-order valence-electron chi connectivity index (χ1n) is 6.61. The van der Waals surface area contributed by atoms with Crippen LogP contribution >= 0.6 is 11.3 Å². The molecular weight excluding hydrogens is 262 g/mol. The van der Waals surface area contributed by atoms with Crippen molar-refractivity contribution < 1.29 is 0 Å². The Hall–Kier alpha value is -2.06. The number of hydrogen-bond acceptors (Lipinski definition) is 2. The summed E-state index contributed by atoms with van der Waals surface area (Å²) in [7, 11) is 0. The molecule has 0 saturated heterocycles. The van der Waals surface area contributed by atoms with Gasteiger partial charge in [-0.3, -0.25) is 0 Å². The lowest BCUT2D eigenvalue weighted by Crippen LogP contribution is -1.95. The van der Waals surface area contributed by atoms with Crippen LogP contribution < -0.4 is 5.32 Å². The van der Waals surface area contributed by atoms with Gasteiger partial charge in [0.25, 0.3) is 0 Å². The van der Waals surface area contributed by atoms with E-state index in [1.165, 1.54) is 15.0 Å². The Labute approximate surface area is 124 Å². The maximum Gasteiger partial charge on any atom is 0.0391 e. The summed E-state index contributed by atoms with van der Waals surface area (Å²) in [5.41, 5.74) is 3.34. The average Bonchev–Trinajstić information content (AvgIpc) is 2.83. The Morgan fingerprint density at radius 3 is 2.60 bits per heavy atom. The van der Waals surface area contributed by atoms with Gasteiger partial charge in [0.05, 0.1) is 0 Å². The molecule has 2 heteroatoms. The topological polar surface area (TPSA) is 12.0 Å². The van der Waals surface area contributed by atoms with Crippen molar-refractivity contribution in [1.29, 1.82) is 0 Å². The van der Waals surface area contributed by atoms with Crippen LogP contribution in [0.5, 0.6) is 0 Å². The maximum absolute atomic E-state index is 3.91. The predicted octanol–water partition coefficient (Wildman–Crippen LogP) is 6.08. The molecule has 2 aromatic rings. The van der Waals surface area contributed by atoms with Crippen molar-refractivity contribution in [2.24, 2.45) is 0 Å². The molecule has 1 aromatic heterocycles. The summed E-state index contributed by atoms with van der Waals surface area (Å²) in [6.45, 7) is 11.8. The van der Waals surface area contributed by atoms with Crippen LogP contribution in [0.15, 0.2) is 55.3 Å². The number of thiophene rings is 1. The van der Waals surface area contributed by atoms with Crippen LogP contribution in [0.1, 0.15) is 24.3 Å². The van der Waals surface area contributed by atoms with Crippen LogP contribution in [0, 0.1) is 0 Å². The van der Waals surface area contributed by atoms with Gasteiger partial charge in [-0.2, -0.15) is 0 Å². The molecule has 1 N–H and O–H groups in total. The number of rotatable bonds is 5. The Morgan fingerprint density at radius 1 is 1.20 bits per heavy atom. The van der Waals surface area contributed by atoms with E-state index in [0.717, 1.165) is 16.9 Å². The molecule has 0 atom stereocenters. The first kappa shape index (κ1) is 14.4. The molecule has 20 heavy (non-hydrogen) atoms. The monoisotopic (exact) mass is 281 g/mol. The van der Waals surface area contributed by atoms with Crippen molar-refractivity contribution in [2.75, 3.05) is 5.32 Å². The molecule has 0 radical (unpaired) electrons. The van der Waals surface area contributed by atoms with Crippen molar-refractivity contribution in [3.63, 3.8) is 0 Å². The normalized spacial score (nSPS) is 12.0. The van der Waals surface area contributed by atoms with E-state index < -0.39 is 0 Å². The molecular formula is C18H19NS. The van der Waals surface area contributed by atoms with Gasteiger partial charge < -0.3 is 5.32 Å². The van der Waals surface area contributed by atoms with Crippen LogP contribution in [0.3, 0.4) is 0 Å². The van der Waals surface area contributed by atoms with Crippen molar-refractivity contribution in [1.82, 2.24) is 0 Å². The second kappa shape index (κ2) is 6.40. The van der Waals surface area contributed by atoms with Gasteiger partial charge in [-0.25, -0.2) is 0 Å². The molecule has 0 aliphatic rings. The molecule has 1 heterocycles. The lowest BCUT2D eigenvalue weighted by molar-refractivity contribution is 1.44. The lowest BCUT2D eigenvalue weighted by atomic mass is 10.1. The van der Waals surface area contributed by atoms with E-state index in [0.29, 0.717) is 0 Å². The first-order chi connectivity index (χ1) is 9.73. The van der Waals surface area contributed by atoms with Gasteiger partial charge in [0.2, 0.25) is 0 Å². The minimum atomic E-state index is 1.08. The van der Waals surface area contributed by atoms with Crippen LogP contribution in [-0.4, -0.2) is 0 Å². The first-order valence-corrected chi connectivity index (χ1v) is 7.42. The second-order valence-electron chi connectivity index (χ2n) is 4.37. The summed E-state index contributed by atoms with van der Waals surface area (Å²) < 4.78 is 1.26. The van der Waals surface area contributed by atoms with E-state index in [-0.39, 0.29) is 0 Å². The number of anilines is 1. The molecule has 0 bridgehead atoms. The van der Waals surface area contributed by atoms with Gasteiger partial charge in [-0.05, 0) is 43.7 Å². The zero-order valence-electron chi connectivity index (χ0n) is 11.9. The third-order valence-electron chi connectivity index (χ3n) is 3.09. The molecule has 0 aliphatic carbocycles. The number of benzene rings is 1. The fourth-order valence-electron chi connectivity index (χ4n) is 2.13. The molecule has 2 rings (SSSR count). The van der Waals surface area contributed by atoms with Crippen molar-refractivity contribution in [2.45, 2.75) is 13.8 Å². The minimum absolute atomic E-state index is 1.08. The van der Waals surface area contributed by atoms with E-state index in [9.17, 15) is 0 Å². The highest BCUT2D eigenvalue weighted by Gasteiger charge is 2.08. The smallest absolute Gasteiger partial charge is 0.0391 e. The van der Waals surface area contributed by atoms with E-state index in [2.05, 4.69) is 48.8 Å². The Morgan fingerprint density at radius 2 is 2.00 bits per heavy atom. The molecule has 1 aromatic carbocycles. The standard InChI is InChI=1S/C18H19NS/c1-5-9-13(6-2)19-14-10-11-18-16(12-14)15(7-3)17(8-4)20-18/h5-12,19H,3-4H2,1-2H3/b9-5-,13-6+. The number of allylic oxidation sites excluding steroid dienone is 3. The van der Waals surface area contributed by atoms with Crippen molar-refractivity contribution >= 4 is 39.3 Å². The third kappa shape index (κ3) is 2.75. The van der Waals surface area contributed by atoms with Gasteiger partial charge in [0, 0.05) is 26.3 Å². The molecule has 0 amide bonds. The highest BCUT2D eigenvalue weighted by atomic mass is 32.1. The van der Waals surface area contributed by atoms with E-state index in [4.69, 9.17) is 0 Å².